The largest absolute Gasteiger partial charge is 0.496 e. The summed E-state index contributed by atoms with van der Waals surface area (Å²) in [6.07, 6.45) is 2.09. The molecular weight excluding hydrogens is 384 g/mol. The van der Waals surface area contributed by atoms with Crippen LogP contribution < -0.4 is 21.4 Å². The Morgan fingerprint density at radius 2 is 1.97 bits per heavy atom. The van der Waals surface area contributed by atoms with Gasteiger partial charge in [-0.05, 0) is 48.7 Å². The third-order valence-corrected chi connectivity index (χ3v) is 4.87. The minimum atomic E-state index is -0.698. The van der Waals surface area contributed by atoms with Crippen LogP contribution in [-0.2, 0) is 12.8 Å². The van der Waals surface area contributed by atoms with E-state index in [1.54, 1.807) is 31.4 Å². The van der Waals surface area contributed by atoms with Crippen molar-refractivity contribution in [2.24, 2.45) is 5.73 Å². The van der Waals surface area contributed by atoms with E-state index < -0.39 is 11.5 Å². The van der Waals surface area contributed by atoms with E-state index in [-0.39, 0.29) is 18.2 Å². The second-order valence-corrected chi connectivity index (χ2v) is 7.16. The zero-order valence-electron chi connectivity index (χ0n) is 17.1. The van der Waals surface area contributed by atoms with Crippen LogP contribution in [0.4, 0.5) is 5.69 Å². The summed E-state index contributed by atoms with van der Waals surface area (Å²) in [5.74, 6) is 0.115. The van der Waals surface area contributed by atoms with E-state index in [2.05, 4.69) is 5.32 Å². The molecule has 4 N–H and O–H groups in total. The van der Waals surface area contributed by atoms with Crippen molar-refractivity contribution in [3.8, 4) is 5.75 Å². The van der Waals surface area contributed by atoms with Gasteiger partial charge in [-0.1, -0.05) is 25.5 Å². The number of methoxy groups -OCH3 is 1. The zero-order chi connectivity index (χ0) is 21.7. The van der Waals surface area contributed by atoms with E-state index >= 15 is 0 Å². The molecule has 2 aromatic carbocycles. The molecule has 0 spiro atoms. The average Bonchev–Trinajstić information content (AvgIpc) is 2.75. The van der Waals surface area contributed by atoms with Crippen LogP contribution in [0.25, 0.3) is 11.0 Å². The molecule has 158 valence electrons. The highest BCUT2D eigenvalue weighted by atomic mass is 16.5. The molecule has 1 heterocycles. The SMILES string of the molecule is CCCc1c(OC)ccc2cc(C(=O)Nc3ccc(C[C@@H](N)CO)cc3)c(=O)oc12. The summed E-state index contributed by atoms with van der Waals surface area (Å²) in [6.45, 7) is 1.93. The van der Waals surface area contributed by atoms with Crippen molar-refractivity contribution >= 4 is 22.6 Å². The highest BCUT2D eigenvalue weighted by Crippen LogP contribution is 2.29. The third kappa shape index (κ3) is 4.69. The standard InChI is InChI=1S/C23H26N2O5/c1-3-4-18-20(29-2)10-7-15-12-19(23(28)30-21(15)18)22(27)25-17-8-5-14(6-9-17)11-16(24)13-26/h5-10,12,16,26H,3-4,11,13,24H2,1-2H3,(H,25,27)/t16-/m1/s1. The summed E-state index contributed by atoms with van der Waals surface area (Å²) in [6, 6.07) is 11.9. The Labute approximate surface area is 174 Å². The number of aliphatic hydroxyl groups excluding tert-OH is 1. The van der Waals surface area contributed by atoms with Gasteiger partial charge in [-0.3, -0.25) is 4.79 Å². The van der Waals surface area contributed by atoms with Gasteiger partial charge in [0.2, 0.25) is 0 Å². The maximum absolute atomic E-state index is 12.7. The zero-order valence-corrected chi connectivity index (χ0v) is 17.1. The Morgan fingerprint density at radius 1 is 1.23 bits per heavy atom. The van der Waals surface area contributed by atoms with Crippen LogP contribution in [0.15, 0.2) is 51.7 Å². The molecule has 3 aromatic rings. The third-order valence-electron chi connectivity index (χ3n) is 4.87. The number of ether oxygens (including phenoxy) is 1. The smallest absolute Gasteiger partial charge is 0.349 e. The summed E-state index contributed by atoms with van der Waals surface area (Å²) >= 11 is 0. The normalized spacial score (nSPS) is 12.0. The van der Waals surface area contributed by atoms with Gasteiger partial charge in [0.1, 0.15) is 16.9 Å². The quantitative estimate of drug-likeness (QED) is 0.492. The van der Waals surface area contributed by atoms with Crippen LogP contribution in [0.5, 0.6) is 5.75 Å². The lowest BCUT2D eigenvalue weighted by molar-refractivity contribution is 0.102. The van der Waals surface area contributed by atoms with Gasteiger partial charge in [0.15, 0.2) is 0 Å². The maximum atomic E-state index is 12.7. The molecule has 3 rings (SSSR count). The molecule has 0 fully saturated rings. The minimum Gasteiger partial charge on any atom is -0.496 e. The number of hydrogen-bond acceptors (Lipinski definition) is 6. The first-order valence-electron chi connectivity index (χ1n) is 9.87. The fraction of sp³-hybridized carbons (Fsp3) is 0.304. The Morgan fingerprint density at radius 3 is 2.60 bits per heavy atom. The van der Waals surface area contributed by atoms with Gasteiger partial charge in [0, 0.05) is 22.7 Å². The number of carbonyl (C=O) groups excluding carboxylic acids is 1. The molecule has 0 aliphatic heterocycles. The molecule has 30 heavy (non-hydrogen) atoms. The van der Waals surface area contributed by atoms with E-state index in [0.717, 1.165) is 17.5 Å². The first-order chi connectivity index (χ1) is 14.5. The monoisotopic (exact) mass is 410 g/mol. The van der Waals surface area contributed by atoms with Crippen molar-refractivity contribution in [2.75, 3.05) is 19.0 Å². The Bertz CT molecular complexity index is 1090. The summed E-state index contributed by atoms with van der Waals surface area (Å²) < 4.78 is 10.9. The van der Waals surface area contributed by atoms with Crippen molar-refractivity contribution < 1.29 is 19.1 Å². The van der Waals surface area contributed by atoms with E-state index in [1.807, 2.05) is 25.1 Å². The summed E-state index contributed by atoms with van der Waals surface area (Å²) in [7, 11) is 1.57. The second kappa shape index (κ2) is 9.56. The second-order valence-electron chi connectivity index (χ2n) is 7.16. The fourth-order valence-electron chi connectivity index (χ4n) is 3.35. The highest BCUT2D eigenvalue weighted by molar-refractivity contribution is 6.05. The first-order valence-corrected chi connectivity index (χ1v) is 9.87. The van der Waals surface area contributed by atoms with Crippen molar-refractivity contribution in [3.63, 3.8) is 0 Å². The number of amides is 1. The lowest BCUT2D eigenvalue weighted by atomic mass is 10.0. The number of benzene rings is 2. The number of anilines is 1. The van der Waals surface area contributed by atoms with Crippen LogP contribution in [0.3, 0.4) is 0 Å². The summed E-state index contributed by atoms with van der Waals surface area (Å²) in [5.41, 5.74) is 7.72. The van der Waals surface area contributed by atoms with Crippen molar-refractivity contribution in [3.05, 3.63) is 69.6 Å². The lowest BCUT2D eigenvalue weighted by Gasteiger charge is -2.11. The van der Waals surface area contributed by atoms with E-state index in [0.29, 0.717) is 35.2 Å². The van der Waals surface area contributed by atoms with Crippen molar-refractivity contribution in [2.45, 2.75) is 32.2 Å². The number of aryl methyl sites for hydroxylation is 1. The molecule has 0 saturated heterocycles. The van der Waals surface area contributed by atoms with E-state index in [9.17, 15) is 9.59 Å². The maximum Gasteiger partial charge on any atom is 0.349 e. The Balaban J connectivity index is 1.86. The lowest BCUT2D eigenvalue weighted by Crippen LogP contribution is -2.26. The number of nitrogens with two attached hydrogens (primary N) is 1. The van der Waals surface area contributed by atoms with Crippen molar-refractivity contribution in [1.29, 1.82) is 0 Å². The molecule has 0 aliphatic carbocycles. The molecule has 1 amide bonds. The Kier molecular flexibility index (Phi) is 6.87. The van der Waals surface area contributed by atoms with Crippen LogP contribution in [-0.4, -0.2) is 30.8 Å². The van der Waals surface area contributed by atoms with E-state index in [1.165, 1.54) is 0 Å². The number of hydrogen-bond donors (Lipinski definition) is 3. The van der Waals surface area contributed by atoms with Gasteiger partial charge in [-0.2, -0.15) is 0 Å². The Hall–Kier alpha value is -3.16. The predicted molar refractivity (Wildman–Crippen MR) is 116 cm³/mol. The number of fused-ring (bicyclic) bond motifs is 1. The molecule has 1 atom stereocenters. The topological polar surface area (TPSA) is 115 Å². The minimum absolute atomic E-state index is 0.0681. The summed E-state index contributed by atoms with van der Waals surface area (Å²) in [5, 5.41) is 12.4. The summed E-state index contributed by atoms with van der Waals surface area (Å²) in [4.78, 5) is 25.2. The van der Waals surface area contributed by atoms with Crippen LogP contribution in [0, 0.1) is 0 Å². The molecule has 7 heteroatoms. The molecule has 7 nitrogen and oxygen atoms in total. The van der Waals surface area contributed by atoms with Crippen LogP contribution >= 0.6 is 0 Å². The van der Waals surface area contributed by atoms with Crippen LogP contribution in [0.2, 0.25) is 0 Å². The van der Waals surface area contributed by atoms with E-state index in [4.69, 9.17) is 20.0 Å². The number of rotatable bonds is 8. The van der Waals surface area contributed by atoms with Crippen LogP contribution in [0.1, 0.15) is 34.8 Å². The highest BCUT2D eigenvalue weighted by Gasteiger charge is 2.17. The predicted octanol–water partition coefficient (Wildman–Crippen LogP) is 2.87. The molecule has 0 bridgehead atoms. The molecular formula is C23H26N2O5. The van der Waals surface area contributed by atoms with Gasteiger partial charge in [0.05, 0.1) is 13.7 Å². The molecule has 0 saturated carbocycles. The number of aliphatic hydroxyl groups is 1. The van der Waals surface area contributed by atoms with Gasteiger partial charge in [-0.15, -0.1) is 0 Å². The van der Waals surface area contributed by atoms with Gasteiger partial charge in [-0.25, -0.2) is 4.79 Å². The van der Waals surface area contributed by atoms with Gasteiger partial charge >= 0.3 is 5.63 Å². The fourth-order valence-corrected chi connectivity index (χ4v) is 3.35. The average molecular weight is 410 g/mol. The number of carbonyl (C=O) groups is 1. The molecule has 0 radical (unpaired) electrons. The van der Waals surface area contributed by atoms with Crippen molar-refractivity contribution in [1.82, 2.24) is 0 Å². The van der Waals surface area contributed by atoms with Gasteiger partial charge < -0.3 is 25.3 Å². The first kappa shape index (κ1) is 21.5. The molecule has 0 unspecified atom stereocenters. The molecule has 0 aliphatic rings. The van der Waals surface area contributed by atoms with Gasteiger partial charge in [0.25, 0.3) is 5.91 Å². The molecule has 1 aromatic heterocycles. The number of nitrogens with one attached hydrogen (secondary N) is 1.